The Labute approximate surface area is 210 Å². The number of nitrogens with zero attached hydrogens (tertiary/aromatic N) is 2. The molecule has 0 spiro atoms. The molecule has 10 heteroatoms. The first-order valence-electron chi connectivity index (χ1n) is 11.1. The first-order valence-corrected chi connectivity index (χ1v) is 11.1. The minimum Gasteiger partial charge on any atom is -0.507 e. The van der Waals surface area contributed by atoms with Crippen LogP contribution in [-0.4, -0.2) is 66.4 Å². The van der Waals surface area contributed by atoms with Gasteiger partial charge in [0.25, 0.3) is 5.91 Å². The molecule has 4 N–H and O–H groups in total. The van der Waals surface area contributed by atoms with Crippen molar-refractivity contribution < 1.29 is 19.5 Å². The number of allylic oxidation sites excluding steroid dienone is 2. The normalized spacial score (nSPS) is 25.1. The molecule has 0 aromatic heterocycles. The van der Waals surface area contributed by atoms with Crippen molar-refractivity contribution in [3.63, 3.8) is 0 Å². The van der Waals surface area contributed by atoms with E-state index >= 15 is 0 Å². The summed E-state index contributed by atoms with van der Waals surface area (Å²) in [6.45, 7) is 3.92. The number of phenolic OH excluding ortho intramolecular Hbond substituents is 1. The molecule has 3 aliphatic rings. The number of nitrogens with one attached hydrogen (secondary N) is 3. The van der Waals surface area contributed by atoms with Gasteiger partial charge in [-0.05, 0) is 37.3 Å². The number of amides is 3. The Kier molecular flexibility index (Phi) is 8.33. The van der Waals surface area contributed by atoms with Crippen molar-refractivity contribution in [1.82, 2.24) is 20.9 Å². The summed E-state index contributed by atoms with van der Waals surface area (Å²) in [5, 5.41) is 18.7. The number of carbonyl (C=O) groups is 3. The van der Waals surface area contributed by atoms with Gasteiger partial charge >= 0.3 is 0 Å². The fourth-order valence-electron chi connectivity index (χ4n) is 4.91. The fraction of sp³-hybridized carbons (Fsp3) is 0.478. The van der Waals surface area contributed by atoms with Gasteiger partial charge in [0.15, 0.2) is 5.96 Å². The number of rotatable bonds is 8. The predicted molar refractivity (Wildman–Crippen MR) is 134 cm³/mol. The van der Waals surface area contributed by atoms with Gasteiger partial charge in [-0.2, -0.15) is 0 Å². The second-order valence-electron chi connectivity index (χ2n) is 8.29. The van der Waals surface area contributed by atoms with Gasteiger partial charge in [-0.25, -0.2) is 0 Å². The van der Waals surface area contributed by atoms with Gasteiger partial charge in [0.1, 0.15) is 5.75 Å². The molecule has 1 aromatic carbocycles. The average molecular weight is 567 g/mol. The van der Waals surface area contributed by atoms with Crippen LogP contribution in [0.2, 0.25) is 0 Å². The van der Waals surface area contributed by atoms with Crippen LogP contribution in [0.1, 0.15) is 23.7 Å². The minimum absolute atomic E-state index is 0. The highest BCUT2D eigenvalue weighted by molar-refractivity contribution is 14.0. The molecule has 1 heterocycles. The molecule has 9 nitrogen and oxygen atoms in total. The maximum Gasteiger partial charge on any atom is 0.255 e. The summed E-state index contributed by atoms with van der Waals surface area (Å²) in [6.07, 6.45) is 5.11. The molecule has 1 saturated carbocycles. The van der Waals surface area contributed by atoms with Gasteiger partial charge in [-0.1, -0.05) is 24.3 Å². The Morgan fingerprint density at radius 1 is 1.06 bits per heavy atom. The van der Waals surface area contributed by atoms with Crippen LogP contribution in [0.3, 0.4) is 0 Å². The van der Waals surface area contributed by atoms with Gasteiger partial charge in [0.05, 0.1) is 23.9 Å². The lowest BCUT2D eigenvalue weighted by Crippen LogP contribution is -2.44. The lowest BCUT2D eigenvalue weighted by Gasteiger charge is -2.18. The summed E-state index contributed by atoms with van der Waals surface area (Å²) in [5.74, 6) is 0.0979. The fourth-order valence-corrected chi connectivity index (χ4v) is 4.91. The number of phenols is 1. The van der Waals surface area contributed by atoms with Crippen molar-refractivity contribution in [3.8, 4) is 5.75 Å². The first-order chi connectivity index (χ1) is 15.5. The number of hydrogen-bond acceptors (Lipinski definition) is 5. The highest BCUT2D eigenvalue weighted by Crippen LogP contribution is 2.52. The van der Waals surface area contributed by atoms with Crippen molar-refractivity contribution in [2.75, 3.05) is 32.7 Å². The van der Waals surface area contributed by atoms with Crippen LogP contribution in [0.5, 0.6) is 5.75 Å². The average Bonchev–Trinajstić information content (AvgIpc) is 3.46. The van der Waals surface area contributed by atoms with Crippen LogP contribution < -0.4 is 16.0 Å². The third kappa shape index (κ3) is 5.15. The second kappa shape index (κ2) is 11.0. The van der Waals surface area contributed by atoms with E-state index in [1.165, 1.54) is 11.0 Å². The molecule has 33 heavy (non-hydrogen) atoms. The van der Waals surface area contributed by atoms with Crippen LogP contribution in [0.15, 0.2) is 41.4 Å². The Morgan fingerprint density at radius 3 is 2.36 bits per heavy atom. The first kappa shape index (κ1) is 25.0. The van der Waals surface area contributed by atoms with E-state index in [0.29, 0.717) is 38.7 Å². The van der Waals surface area contributed by atoms with Gasteiger partial charge in [-0.3, -0.25) is 24.3 Å². The number of likely N-dealkylation sites (tertiary alicyclic amines) is 1. The maximum absolute atomic E-state index is 12.7. The van der Waals surface area contributed by atoms with Crippen LogP contribution >= 0.6 is 24.0 Å². The van der Waals surface area contributed by atoms with Crippen LogP contribution in [0.4, 0.5) is 0 Å². The van der Waals surface area contributed by atoms with E-state index in [1.54, 1.807) is 18.2 Å². The minimum atomic E-state index is -0.365. The molecule has 4 atom stereocenters. The molecule has 4 unspecified atom stereocenters. The summed E-state index contributed by atoms with van der Waals surface area (Å²) in [4.78, 5) is 43.4. The highest BCUT2D eigenvalue weighted by Gasteiger charge is 2.58. The van der Waals surface area contributed by atoms with Crippen LogP contribution in [0, 0.1) is 23.7 Å². The second-order valence-corrected chi connectivity index (χ2v) is 8.29. The number of guanidine groups is 1. The highest BCUT2D eigenvalue weighted by atomic mass is 127. The van der Waals surface area contributed by atoms with Gasteiger partial charge in [0.2, 0.25) is 11.8 Å². The van der Waals surface area contributed by atoms with E-state index in [2.05, 4.69) is 33.1 Å². The van der Waals surface area contributed by atoms with E-state index in [0.717, 1.165) is 6.42 Å². The topological polar surface area (TPSA) is 123 Å². The number of carbonyl (C=O) groups excluding carboxylic acids is 3. The van der Waals surface area contributed by atoms with E-state index < -0.39 is 0 Å². The third-order valence-corrected chi connectivity index (χ3v) is 6.35. The largest absolute Gasteiger partial charge is 0.507 e. The lowest BCUT2D eigenvalue weighted by molar-refractivity contribution is -0.140. The summed E-state index contributed by atoms with van der Waals surface area (Å²) in [5.41, 5.74) is 0.217. The zero-order chi connectivity index (χ0) is 22.7. The Hall–Kier alpha value is -2.63. The summed E-state index contributed by atoms with van der Waals surface area (Å²) >= 11 is 0. The molecule has 2 fully saturated rings. The van der Waals surface area contributed by atoms with E-state index in [1.807, 2.05) is 6.92 Å². The Balaban J connectivity index is 0.00000306. The van der Waals surface area contributed by atoms with Crippen molar-refractivity contribution in [1.29, 1.82) is 0 Å². The SMILES string of the molecule is CCNC(=NCCNC(=O)c1ccccc1O)NCCN1C(=O)C2C3C=CC(C3)C2C1=O.I. The van der Waals surface area contributed by atoms with Crippen LogP contribution in [-0.2, 0) is 9.59 Å². The molecule has 1 saturated heterocycles. The number of benzene rings is 1. The van der Waals surface area contributed by atoms with Crippen LogP contribution in [0.25, 0.3) is 0 Å². The van der Waals surface area contributed by atoms with E-state index in [4.69, 9.17) is 0 Å². The number of para-hydroxylation sites is 1. The molecule has 3 amide bonds. The molecular formula is C23H30IN5O4. The lowest BCUT2D eigenvalue weighted by atomic mass is 9.85. The van der Waals surface area contributed by atoms with E-state index in [-0.39, 0.29) is 76.7 Å². The number of aromatic hydroxyl groups is 1. The number of halogens is 1. The monoisotopic (exact) mass is 567 g/mol. The van der Waals surface area contributed by atoms with Gasteiger partial charge < -0.3 is 21.1 Å². The number of imide groups is 1. The predicted octanol–water partition coefficient (Wildman–Crippen LogP) is 1.10. The zero-order valence-electron chi connectivity index (χ0n) is 18.5. The third-order valence-electron chi connectivity index (χ3n) is 6.35. The standard InChI is InChI=1S/C23H29N5O4.HI/c1-2-24-23(26-10-9-25-20(30)16-5-3-4-6-17(16)29)27-11-12-28-21(31)18-14-7-8-15(13-14)19(18)22(28)32;/h3-8,14-15,18-19,29H,2,9-13H2,1H3,(H,25,30)(H2,24,26,27);1H. The van der Waals surface area contributed by atoms with Crippen molar-refractivity contribution in [2.45, 2.75) is 13.3 Å². The molecule has 4 rings (SSSR count). The summed E-state index contributed by atoms with van der Waals surface area (Å²) in [6, 6.07) is 6.35. The molecule has 178 valence electrons. The molecular weight excluding hydrogens is 537 g/mol. The number of hydrogen-bond donors (Lipinski definition) is 4. The maximum atomic E-state index is 12.7. The number of fused-ring (bicyclic) bond motifs is 5. The Morgan fingerprint density at radius 2 is 1.73 bits per heavy atom. The van der Waals surface area contributed by atoms with Gasteiger partial charge in [0, 0.05) is 26.2 Å². The summed E-state index contributed by atoms with van der Waals surface area (Å²) in [7, 11) is 0. The summed E-state index contributed by atoms with van der Waals surface area (Å²) < 4.78 is 0. The smallest absolute Gasteiger partial charge is 0.255 e. The molecule has 0 radical (unpaired) electrons. The Bertz CT molecular complexity index is 936. The molecule has 2 aliphatic carbocycles. The quantitative estimate of drug-likeness (QED) is 0.0933. The molecule has 1 aliphatic heterocycles. The molecule has 2 bridgehead atoms. The van der Waals surface area contributed by atoms with Gasteiger partial charge in [-0.15, -0.1) is 24.0 Å². The molecule has 1 aromatic rings. The van der Waals surface area contributed by atoms with E-state index in [9.17, 15) is 19.5 Å². The van der Waals surface area contributed by atoms with Crippen molar-refractivity contribution >= 4 is 47.7 Å². The number of aliphatic imine (C=N–C) groups is 1. The zero-order valence-corrected chi connectivity index (χ0v) is 20.8. The van der Waals surface area contributed by atoms with Crippen molar-refractivity contribution in [3.05, 3.63) is 42.0 Å². The van der Waals surface area contributed by atoms with Crippen molar-refractivity contribution in [2.24, 2.45) is 28.7 Å².